The first kappa shape index (κ1) is 10.3. The summed E-state index contributed by atoms with van der Waals surface area (Å²) in [6, 6.07) is 6.00. The van der Waals surface area contributed by atoms with Crippen molar-refractivity contribution in [3.63, 3.8) is 0 Å². The monoisotopic (exact) mass is 280 g/mol. The second kappa shape index (κ2) is 3.31. The van der Waals surface area contributed by atoms with Gasteiger partial charge in [-0.3, -0.25) is 9.69 Å². The highest BCUT2D eigenvalue weighted by Gasteiger charge is 2.52. The van der Waals surface area contributed by atoms with Crippen molar-refractivity contribution < 1.29 is 4.79 Å². The van der Waals surface area contributed by atoms with Crippen LogP contribution in [-0.4, -0.2) is 24.4 Å². The number of rotatable bonds is 0. The number of nitrogens with one attached hydrogen (secondary N) is 1. The Morgan fingerprint density at radius 1 is 1.50 bits per heavy atom. The maximum Gasteiger partial charge on any atom is 0.249 e. The Bertz CT molecular complexity index is 474. The molecule has 4 heteroatoms. The average molecular weight is 281 g/mol. The Morgan fingerprint density at radius 2 is 2.31 bits per heavy atom. The highest BCUT2D eigenvalue weighted by molar-refractivity contribution is 9.10. The average Bonchev–Trinajstić information content (AvgIpc) is 2.75. The van der Waals surface area contributed by atoms with E-state index in [1.807, 2.05) is 19.2 Å². The van der Waals surface area contributed by atoms with Gasteiger partial charge in [0.15, 0.2) is 0 Å². The number of nitrogens with zero attached hydrogens (tertiary/aromatic N) is 1. The maximum absolute atomic E-state index is 12.2. The van der Waals surface area contributed by atoms with Crippen LogP contribution < -0.4 is 5.32 Å². The first-order valence-electron chi connectivity index (χ1n) is 5.47. The van der Waals surface area contributed by atoms with Crippen molar-refractivity contribution >= 4 is 27.5 Å². The molecule has 3 nitrogen and oxygen atoms in total. The number of fused-ring (bicyclic) bond motifs is 2. The number of benzene rings is 1. The van der Waals surface area contributed by atoms with E-state index >= 15 is 0 Å². The Hall–Kier alpha value is -0.870. The quantitative estimate of drug-likeness (QED) is 0.791. The third kappa shape index (κ3) is 1.14. The normalized spacial score (nSPS) is 28.5. The molecule has 84 valence electrons. The number of carbonyl (C=O) groups is 1. The molecule has 3 rings (SSSR count). The van der Waals surface area contributed by atoms with E-state index < -0.39 is 5.54 Å². The van der Waals surface area contributed by atoms with Gasteiger partial charge in [0, 0.05) is 15.7 Å². The Kier molecular flexibility index (Phi) is 2.13. The summed E-state index contributed by atoms with van der Waals surface area (Å²) in [5, 5.41) is 2.99. The smallest absolute Gasteiger partial charge is 0.249 e. The minimum atomic E-state index is -0.418. The van der Waals surface area contributed by atoms with Crippen LogP contribution in [0.3, 0.4) is 0 Å². The van der Waals surface area contributed by atoms with Gasteiger partial charge < -0.3 is 5.32 Å². The summed E-state index contributed by atoms with van der Waals surface area (Å²) in [5.41, 5.74) is 1.66. The standard InChI is InChI=1S/C12H13BrN2O/c1-15-6-2-5-12(15)9-7-8(13)3-4-10(9)14-11(12)16/h3-4,7H,2,5-6H2,1H3,(H,14,16). The van der Waals surface area contributed by atoms with Gasteiger partial charge in [0.25, 0.3) is 0 Å². The van der Waals surface area contributed by atoms with E-state index in [9.17, 15) is 4.79 Å². The molecule has 1 fully saturated rings. The topological polar surface area (TPSA) is 32.3 Å². The van der Waals surface area contributed by atoms with Crippen LogP contribution in [0.15, 0.2) is 22.7 Å². The summed E-state index contributed by atoms with van der Waals surface area (Å²) < 4.78 is 1.03. The molecule has 1 aromatic carbocycles. The number of hydrogen-bond acceptors (Lipinski definition) is 2. The molecule has 2 heterocycles. The maximum atomic E-state index is 12.2. The number of likely N-dealkylation sites (N-methyl/N-ethyl adjacent to an activating group) is 1. The van der Waals surface area contributed by atoms with Gasteiger partial charge >= 0.3 is 0 Å². The molecule has 0 aliphatic carbocycles. The summed E-state index contributed by atoms with van der Waals surface area (Å²) in [6.07, 6.45) is 1.99. The number of carbonyl (C=O) groups excluding carboxylic acids is 1. The molecule has 1 unspecified atom stereocenters. The summed E-state index contributed by atoms with van der Waals surface area (Å²) in [6.45, 7) is 0.985. The predicted octanol–water partition coefficient (Wildman–Crippen LogP) is 2.32. The fraction of sp³-hybridized carbons (Fsp3) is 0.417. The van der Waals surface area contributed by atoms with Gasteiger partial charge in [-0.2, -0.15) is 0 Å². The molecule has 1 N–H and O–H groups in total. The summed E-state index contributed by atoms with van der Waals surface area (Å²) in [5.74, 6) is 0.126. The van der Waals surface area contributed by atoms with Gasteiger partial charge in [-0.25, -0.2) is 0 Å². The van der Waals surface area contributed by atoms with Crippen LogP contribution in [0.4, 0.5) is 5.69 Å². The van der Waals surface area contributed by atoms with Gasteiger partial charge in [-0.1, -0.05) is 15.9 Å². The Labute approximate surface area is 103 Å². The molecule has 1 amide bonds. The molecule has 1 saturated heterocycles. The first-order chi connectivity index (χ1) is 7.64. The molecule has 1 spiro atoms. The van der Waals surface area contributed by atoms with Crippen LogP contribution in [0.25, 0.3) is 0 Å². The summed E-state index contributed by atoms with van der Waals surface area (Å²) in [7, 11) is 2.03. The van der Waals surface area contributed by atoms with E-state index in [0.717, 1.165) is 35.1 Å². The van der Waals surface area contributed by atoms with E-state index in [1.165, 1.54) is 0 Å². The third-order valence-electron chi connectivity index (χ3n) is 3.73. The van der Waals surface area contributed by atoms with Gasteiger partial charge in [0.2, 0.25) is 5.91 Å². The van der Waals surface area contributed by atoms with E-state index in [4.69, 9.17) is 0 Å². The second-order valence-electron chi connectivity index (χ2n) is 4.53. The number of amides is 1. The van der Waals surface area contributed by atoms with Crippen LogP contribution in [0.2, 0.25) is 0 Å². The summed E-state index contributed by atoms with van der Waals surface area (Å²) in [4.78, 5) is 14.4. The van der Waals surface area contributed by atoms with Crippen LogP contribution in [0.1, 0.15) is 18.4 Å². The third-order valence-corrected chi connectivity index (χ3v) is 4.23. The van der Waals surface area contributed by atoms with Crippen molar-refractivity contribution in [2.45, 2.75) is 18.4 Å². The van der Waals surface area contributed by atoms with Crippen LogP contribution in [0, 0.1) is 0 Å². The largest absolute Gasteiger partial charge is 0.324 e. The fourth-order valence-electron chi connectivity index (χ4n) is 2.90. The molecule has 0 bridgehead atoms. The van der Waals surface area contributed by atoms with Crippen molar-refractivity contribution in [3.05, 3.63) is 28.2 Å². The van der Waals surface area contributed by atoms with Crippen LogP contribution in [-0.2, 0) is 10.3 Å². The van der Waals surface area contributed by atoms with E-state index in [2.05, 4.69) is 32.2 Å². The molecule has 1 aromatic rings. The lowest BCUT2D eigenvalue weighted by molar-refractivity contribution is -0.125. The number of hydrogen-bond donors (Lipinski definition) is 1. The second-order valence-corrected chi connectivity index (χ2v) is 5.45. The SMILES string of the molecule is CN1CCCC12C(=O)Nc1ccc(Br)cc12. The van der Waals surface area contributed by atoms with E-state index in [1.54, 1.807) is 0 Å². The van der Waals surface area contributed by atoms with Crippen molar-refractivity contribution in [1.29, 1.82) is 0 Å². The minimum Gasteiger partial charge on any atom is -0.324 e. The molecule has 2 aliphatic rings. The zero-order valence-corrected chi connectivity index (χ0v) is 10.7. The van der Waals surface area contributed by atoms with Gasteiger partial charge in [-0.05, 0) is 44.6 Å². The highest BCUT2D eigenvalue weighted by Crippen LogP contribution is 2.46. The van der Waals surface area contributed by atoms with E-state index in [-0.39, 0.29) is 5.91 Å². The zero-order chi connectivity index (χ0) is 11.3. The molecule has 0 aromatic heterocycles. The summed E-state index contributed by atoms with van der Waals surface area (Å²) >= 11 is 3.48. The Morgan fingerprint density at radius 3 is 3.00 bits per heavy atom. The van der Waals surface area contributed by atoms with Crippen molar-refractivity contribution in [1.82, 2.24) is 4.90 Å². The zero-order valence-electron chi connectivity index (χ0n) is 9.09. The van der Waals surface area contributed by atoms with Gasteiger partial charge in [0.05, 0.1) is 0 Å². The molecule has 2 aliphatic heterocycles. The lowest BCUT2D eigenvalue weighted by Crippen LogP contribution is -2.44. The van der Waals surface area contributed by atoms with Crippen LogP contribution in [0.5, 0.6) is 0 Å². The van der Waals surface area contributed by atoms with Gasteiger partial charge in [-0.15, -0.1) is 0 Å². The lowest BCUT2D eigenvalue weighted by Gasteiger charge is -2.29. The minimum absolute atomic E-state index is 0.126. The molecular weight excluding hydrogens is 268 g/mol. The molecule has 1 atom stereocenters. The van der Waals surface area contributed by atoms with Crippen molar-refractivity contribution in [3.8, 4) is 0 Å². The van der Waals surface area contributed by atoms with Crippen molar-refractivity contribution in [2.24, 2.45) is 0 Å². The number of likely N-dealkylation sites (tertiary alicyclic amines) is 1. The molecule has 16 heavy (non-hydrogen) atoms. The molecule has 0 radical (unpaired) electrons. The number of halogens is 1. The van der Waals surface area contributed by atoms with Crippen molar-refractivity contribution in [2.75, 3.05) is 18.9 Å². The van der Waals surface area contributed by atoms with Gasteiger partial charge in [0.1, 0.15) is 5.54 Å². The highest BCUT2D eigenvalue weighted by atomic mass is 79.9. The lowest BCUT2D eigenvalue weighted by atomic mass is 9.89. The Balaban J connectivity index is 2.21. The molecule has 0 saturated carbocycles. The number of anilines is 1. The van der Waals surface area contributed by atoms with Crippen LogP contribution >= 0.6 is 15.9 Å². The van der Waals surface area contributed by atoms with E-state index in [0.29, 0.717) is 0 Å². The fourth-order valence-corrected chi connectivity index (χ4v) is 3.26. The predicted molar refractivity (Wildman–Crippen MR) is 66.3 cm³/mol. The first-order valence-corrected chi connectivity index (χ1v) is 6.26. The molecular formula is C12H13BrN2O.